The molecule has 1 amide bonds. The Labute approximate surface area is 165 Å². The Bertz CT molecular complexity index is 821. The molecule has 1 N–H and O–H groups in total. The quantitative estimate of drug-likeness (QED) is 0.522. The summed E-state index contributed by atoms with van der Waals surface area (Å²) in [5.74, 6) is -1.55. The number of ether oxygens (including phenoxy) is 2. The number of hydrogen-bond donors (Lipinski definition) is 1. The Hall–Kier alpha value is -2.42. The van der Waals surface area contributed by atoms with Gasteiger partial charge in [-0.05, 0) is 52.4 Å². The largest absolute Gasteiger partial charge is 0.467 e. The highest BCUT2D eigenvalue weighted by molar-refractivity contribution is 14.1. The van der Waals surface area contributed by atoms with Crippen molar-refractivity contribution in [1.29, 1.82) is 0 Å². The maximum absolute atomic E-state index is 12.5. The second-order valence-corrected chi connectivity index (χ2v) is 6.58. The average Bonchev–Trinajstić information content (AvgIpc) is 2.67. The molecule has 0 aliphatic carbocycles. The highest BCUT2D eigenvalue weighted by Crippen LogP contribution is 2.15. The van der Waals surface area contributed by atoms with Gasteiger partial charge in [-0.15, -0.1) is 0 Å². The topological polar surface area (TPSA) is 81.7 Å². The van der Waals surface area contributed by atoms with Gasteiger partial charge in [-0.2, -0.15) is 0 Å². The predicted octanol–water partition coefficient (Wildman–Crippen LogP) is 2.59. The van der Waals surface area contributed by atoms with Crippen molar-refractivity contribution < 1.29 is 23.9 Å². The van der Waals surface area contributed by atoms with Gasteiger partial charge in [0, 0.05) is 15.6 Å². The van der Waals surface area contributed by atoms with E-state index in [1.807, 2.05) is 24.3 Å². The summed E-state index contributed by atoms with van der Waals surface area (Å²) < 4.78 is 10.5. The summed E-state index contributed by atoms with van der Waals surface area (Å²) in [7, 11) is 2.54. The summed E-state index contributed by atoms with van der Waals surface area (Å²) >= 11 is 2.17. The van der Waals surface area contributed by atoms with Crippen molar-refractivity contribution in [2.75, 3.05) is 14.2 Å². The van der Waals surface area contributed by atoms with E-state index in [4.69, 9.17) is 4.74 Å². The van der Waals surface area contributed by atoms with Crippen LogP contribution in [0.3, 0.4) is 0 Å². The molecule has 1 atom stereocenters. The lowest BCUT2D eigenvalue weighted by Gasteiger charge is -2.17. The van der Waals surface area contributed by atoms with E-state index in [1.165, 1.54) is 20.3 Å². The van der Waals surface area contributed by atoms with Gasteiger partial charge in [-0.25, -0.2) is 9.59 Å². The molecule has 2 aromatic carbocycles. The number of halogens is 1. The summed E-state index contributed by atoms with van der Waals surface area (Å²) in [5, 5.41) is 2.67. The van der Waals surface area contributed by atoms with Crippen LogP contribution < -0.4 is 5.32 Å². The van der Waals surface area contributed by atoms with E-state index in [2.05, 4.69) is 32.6 Å². The van der Waals surface area contributed by atoms with Gasteiger partial charge >= 0.3 is 11.9 Å². The minimum absolute atomic E-state index is 0.254. The lowest BCUT2D eigenvalue weighted by molar-refractivity contribution is -0.142. The molecule has 0 saturated heterocycles. The van der Waals surface area contributed by atoms with Crippen molar-refractivity contribution in [1.82, 2.24) is 5.32 Å². The molecule has 0 aromatic heterocycles. The monoisotopic (exact) mass is 467 g/mol. The van der Waals surface area contributed by atoms with Crippen LogP contribution in [0.5, 0.6) is 0 Å². The van der Waals surface area contributed by atoms with E-state index in [0.717, 1.165) is 9.13 Å². The van der Waals surface area contributed by atoms with Gasteiger partial charge in [-0.3, -0.25) is 4.79 Å². The van der Waals surface area contributed by atoms with Crippen LogP contribution in [0, 0.1) is 3.57 Å². The predicted molar refractivity (Wildman–Crippen MR) is 104 cm³/mol. The molecule has 0 unspecified atom stereocenters. The summed E-state index contributed by atoms with van der Waals surface area (Å²) in [5.41, 5.74) is 1.43. The summed E-state index contributed by atoms with van der Waals surface area (Å²) in [6, 6.07) is 12.8. The Morgan fingerprint density at radius 2 is 1.69 bits per heavy atom. The van der Waals surface area contributed by atoms with Gasteiger partial charge in [0.1, 0.15) is 6.04 Å². The van der Waals surface area contributed by atoms with Crippen LogP contribution in [-0.2, 0) is 20.7 Å². The molecule has 136 valence electrons. The molecule has 0 bridgehead atoms. The smallest absolute Gasteiger partial charge is 0.337 e. The molecular weight excluding hydrogens is 449 g/mol. The maximum atomic E-state index is 12.5. The van der Waals surface area contributed by atoms with Gasteiger partial charge in [-0.1, -0.05) is 24.3 Å². The van der Waals surface area contributed by atoms with Crippen LogP contribution in [0.1, 0.15) is 26.3 Å². The first-order valence-corrected chi connectivity index (χ1v) is 8.84. The summed E-state index contributed by atoms with van der Waals surface area (Å²) in [4.78, 5) is 36.3. The SMILES string of the molecule is COC(=O)c1cccc(C(=O)N[C@@H](Cc2ccccc2I)C(=O)OC)c1. The second-order valence-electron chi connectivity index (χ2n) is 5.42. The molecule has 0 heterocycles. The number of hydrogen-bond acceptors (Lipinski definition) is 5. The molecule has 0 saturated carbocycles. The van der Waals surface area contributed by atoms with Gasteiger partial charge in [0.05, 0.1) is 19.8 Å². The van der Waals surface area contributed by atoms with Gasteiger partial charge < -0.3 is 14.8 Å². The zero-order chi connectivity index (χ0) is 19.1. The molecule has 2 rings (SSSR count). The van der Waals surface area contributed by atoms with E-state index in [1.54, 1.807) is 18.2 Å². The molecule has 6 nitrogen and oxygen atoms in total. The minimum Gasteiger partial charge on any atom is -0.467 e. The number of carbonyl (C=O) groups is 3. The van der Waals surface area contributed by atoms with Crippen LogP contribution in [0.15, 0.2) is 48.5 Å². The lowest BCUT2D eigenvalue weighted by atomic mass is 10.0. The molecule has 26 heavy (non-hydrogen) atoms. The fourth-order valence-corrected chi connectivity index (χ4v) is 2.97. The lowest BCUT2D eigenvalue weighted by Crippen LogP contribution is -2.43. The van der Waals surface area contributed by atoms with E-state index in [0.29, 0.717) is 6.42 Å². The molecule has 0 radical (unpaired) electrons. The Balaban J connectivity index is 2.20. The first-order valence-electron chi connectivity index (χ1n) is 7.76. The number of benzene rings is 2. The van der Waals surface area contributed by atoms with E-state index in [9.17, 15) is 14.4 Å². The van der Waals surface area contributed by atoms with Crippen molar-refractivity contribution in [3.05, 3.63) is 68.8 Å². The maximum Gasteiger partial charge on any atom is 0.337 e. The Morgan fingerprint density at radius 1 is 1.00 bits per heavy atom. The summed E-state index contributed by atoms with van der Waals surface area (Å²) in [6.45, 7) is 0. The molecular formula is C19H18INO5. The molecule has 0 fully saturated rings. The van der Waals surface area contributed by atoms with Crippen LogP contribution in [0.4, 0.5) is 0 Å². The standard InChI is InChI=1S/C19H18INO5/c1-25-18(23)14-8-5-7-13(10-14)17(22)21-16(19(24)26-2)11-12-6-3-4-9-15(12)20/h3-10,16H,11H2,1-2H3,(H,21,22)/t16-/m0/s1. The van der Waals surface area contributed by atoms with Crippen molar-refractivity contribution in [2.45, 2.75) is 12.5 Å². The number of carbonyl (C=O) groups excluding carboxylic acids is 3. The third-order valence-corrected chi connectivity index (χ3v) is 4.77. The van der Waals surface area contributed by atoms with Crippen molar-refractivity contribution in [2.24, 2.45) is 0 Å². The highest BCUT2D eigenvalue weighted by atomic mass is 127. The van der Waals surface area contributed by atoms with Gasteiger partial charge in [0.2, 0.25) is 0 Å². The van der Waals surface area contributed by atoms with Crippen LogP contribution in [-0.4, -0.2) is 38.1 Å². The van der Waals surface area contributed by atoms with E-state index < -0.39 is 23.9 Å². The Kier molecular flexibility index (Phi) is 7.14. The molecule has 2 aromatic rings. The first-order chi connectivity index (χ1) is 12.5. The third-order valence-electron chi connectivity index (χ3n) is 3.72. The average molecular weight is 467 g/mol. The number of amides is 1. The normalized spacial score (nSPS) is 11.3. The van der Waals surface area contributed by atoms with Crippen LogP contribution >= 0.6 is 22.6 Å². The molecule has 0 spiro atoms. The van der Waals surface area contributed by atoms with Crippen molar-refractivity contribution in [3.8, 4) is 0 Å². The molecule has 0 aliphatic heterocycles. The third kappa shape index (κ3) is 5.04. The number of rotatable bonds is 6. The number of nitrogens with one attached hydrogen (secondary N) is 1. The van der Waals surface area contributed by atoms with Gasteiger partial charge in [0.15, 0.2) is 0 Å². The number of esters is 2. The summed E-state index contributed by atoms with van der Waals surface area (Å²) in [6.07, 6.45) is 0.300. The first kappa shape index (κ1) is 19.9. The zero-order valence-corrected chi connectivity index (χ0v) is 16.5. The van der Waals surface area contributed by atoms with E-state index >= 15 is 0 Å². The van der Waals surface area contributed by atoms with E-state index in [-0.39, 0.29) is 11.1 Å². The fourth-order valence-electron chi connectivity index (χ4n) is 2.37. The van der Waals surface area contributed by atoms with Crippen molar-refractivity contribution >= 4 is 40.4 Å². The molecule has 0 aliphatic rings. The van der Waals surface area contributed by atoms with Gasteiger partial charge in [0.25, 0.3) is 5.91 Å². The molecule has 7 heteroatoms. The van der Waals surface area contributed by atoms with Crippen LogP contribution in [0.2, 0.25) is 0 Å². The Morgan fingerprint density at radius 3 is 2.35 bits per heavy atom. The van der Waals surface area contributed by atoms with Crippen molar-refractivity contribution in [3.63, 3.8) is 0 Å². The van der Waals surface area contributed by atoms with Crippen LogP contribution in [0.25, 0.3) is 0 Å². The minimum atomic E-state index is -0.842. The fraction of sp³-hybridized carbons (Fsp3) is 0.211. The second kappa shape index (κ2) is 9.33. The zero-order valence-electron chi connectivity index (χ0n) is 14.3. The highest BCUT2D eigenvalue weighted by Gasteiger charge is 2.23. The number of methoxy groups -OCH3 is 2.